The second-order valence-electron chi connectivity index (χ2n) is 8.71. The van der Waals surface area contributed by atoms with Crippen LogP contribution in [-0.2, 0) is 30.3 Å². The molecule has 1 heterocycles. The van der Waals surface area contributed by atoms with Gasteiger partial charge in [-0.15, -0.1) is 0 Å². The molecule has 2 aromatic carbocycles. The summed E-state index contributed by atoms with van der Waals surface area (Å²) in [5.41, 5.74) is 2.31. The van der Waals surface area contributed by atoms with Crippen molar-refractivity contribution in [3.63, 3.8) is 0 Å². The number of piperazine rings is 1. The molecule has 1 fully saturated rings. The summed E-state index contributed by atoms with van der Waals surface area (Å²) < 4.78 is 5.18. The molecule has 2 aromatic rings. The second kappa shape index (κ2) is 14.0. The van der Waals surface area contributed by atoms with E-state index in [2.05, 4.69) is 16.0 Å². The zero-order chi connectivity index (χ0) is 25.8. The fraction of sp³-hybridized carbons (Fsp3) is 0.407. The van der Waals surface area contributed by atoms with Gasteiger partial charge in [0.2, 0.25) is 17.7 Å². The lowest BCUT2D eigenvalue weighted by Gasteiger charge is -2.33. The number of ether oxygens (including phenoxy) is 1. The molecule has 0 radical (unpaired) electrons. The highest BCUT2D eigenvalue weighted by molar-refractivity contribution is 5.94. The molecule has 3 amide bonds. The van der Waals surface area contributed by atoms with E-state index in [1.807, 2.05) is 37.3 Å². The van der Waals surface area contributed by atoms with E-state index in [-0.39, 0.29) is 30.7 Å². The number of benzene rings is 2. The minimum atomic E-state index is -0.743. The number of nitrogens with one attached hydrogen (secondary N) is 3. The number of nitrogens with zero attached hydrogens (tertiary/aromatic N) is 1. The van der Waals surface area contributed by atoms with Crippen molar-refractivity contribution in [2.75, 3.05) is 36.9 Å². The maximum absolute atomic E-state index is 12.6. The largest absolute Gasteiger partial charge is 0.466 e. The molecule has 0 bridgehead atoms. The van der Waals surface area contributed by atoms with Gasteiger partial charge < -0.3 is 20.7 Å². The molecule has 1 unspecified atom stereocenters. The lowest BCUT2D eigenvalue weighted by atomic mass is 10.1. The van der Waals surface area contributed by atoms with Gasteiger partial charge in [0.25, 0.3) is 0 Å². The van der Waals surface area contributed by atoms with Gasteiger partial charge in [0.15, 0.2) is 0 Å². The minimum Gasteiger partial charge on any atom is -0.466 e. The fourth-order valence-electron chi connectivity index (χ4n) is 3.87. The molecule has 3 N–H and O–H groups in total. The summed E-state index contributed by atoms with van der Waals surface area (Å²) in [6, 6.07) is 15.9. The van der Waals surface area contributed by atoms with Crippen molar-refractivity contribution in [1.82, 2.24) is 10.2 Å². The van der Waals surface area contributed by atoms with Gasteiger partial charge in [0.1, 0.15) is 6.04 Å². The summed E-state index contributed by atoms with van der Waals surface area (Å²) in [7, 11) is 0. The van der Waals surface area contributed by atoms with Gasteiger partial charge in [-0.25, -0.2) is 0 Å². The van der Waals surface area contributed by atoms with Crippen LogP contribution in [0.3, 0.4) is 0 Å². The normalized spacial score (nSPS) is 15.6. The molecule has 0 aromatic heterocycles. The van der Waals surface area contributed by atoms with E-state index < -0.39 is 12.0 Å². The Hall–Kier alpha value is -3.72. The maximum Gasteiger partial charge on any atom is 0.307 e. The first-order valence-corrected chi connectivity index (χ1v) is 12.4. The number of unbranched alkanes of at least 4 members (excludes halogenated alkanes) is 1. The van der Waals surface area contributed by atoms with Crippen molar-refractivity contribution in [3.8, 4) is 0 Å². The summed E-state index contributed by atoms with van der Waals surface area (Å²) >= 11 is 0. The van der Waals surface area contributed by atoms with Gasteiger partial charge in [-0.3, -0.25) is 24.1 Å². The quantitative estimate of drug-likeness (QED) is 0.309. The first-order chi connectivity index (χ1) is 17.4. The Labute approximate surface area is 211 Å². The van der Waals surface area contributed by atoms with Gasteiger partial charge in [0.05, 0.1) is 19.6 Å². The van der Waals surface area contributed by atoms with Crippen LogP contribution >= 0.6 is 0 Å². The smallest absolute Gasteiger partial charge is 0.307 e. The maximum atomic E-state index is 12.6. The van der Waals surface area contributed by atoms with Crippen LogP contribution in [0.4, 0.5) is 11.4 Å². The zero-order valence-corrected chi connectivity index (χ0v) is 20.6. The Morgan fingerprint density at radius 1 is 1.00 bits per heavy atom. The average molecular weight is 495 g/mol. The molecule has 0 spiro atoms. The van der Waals surface area contributed by atoms with Gasteiger partial charge in [-0.2, -0.15) is 0 Å². The van der Waals surface area contributed by atoms with Crippen LogP contribution in [0.1, 0.15) is 38.2 Å². The number of amides is 3. The molecule has 1 aliphatic rings. The summed E-state index contributed by atoms with van der Waals surface area (Å²) in [5.74, 6) is -1.11. The highest BCUT2D eigenvalue weighted by Crippen LogP contribution is 2.16. The number of hydrogen-bond acceptors (Lipinski definition) is 6. The number of rotatable bonds is 12. The number of anilines is 2. The van der Waals surface area contributed by atoms with Crippen LogP contribution in [-0.4, -0.2) is 60.9 Å². The molecule has 192 valence electrons. The van der Waals surface area contributed by atoms with E-state index in [0.717, 1.165) is 18.4 Å². The van der Waals surface area contributed by atoms with E-state index in [1.165, 1.54) is 0 Å². The third-order valence-electron chi connectivity index (χ3n) is 5.85. The van der Waals surface area contributed by atoms with Gasteiger partial charge in [0, 0.05) is 30.9 Å². The monoisotopic (exact) mass is 494 g/mol. The van der Waals surface area contributed by atoms with Crippen molar-refractivity contribution in [1.29, 1.82) is 0 Å². The third kappa shape index (κ3) is 8.81. The van der Waals surface area contributed by atoms with Crippen molar-refractivity contribution >= 4 is 35.1 Å². The topological polar surface area (TPSA) is 117 Å². The molecule has 0 aliphatic carbocycles. The fourth-order valence-corrected chi connectivity index (χ4v) is 3.87. The standard InChI is InChI=1S/C27H34N4O5/c1-2-3-17-36-26(34)18-23-27(35)28-15-16-31(23)19-25(33)30-22-12-10-21(11-13-22)29-24(32)14-9-20-7-5-4-6-8-20/h4-8,10-13,23H,2-3,9,14-19H2,1H3,(H,28,35)(H,29,32)(H,30,33). The van der Waals surface area contributed by atoms with E-state index >= 15 is 0 Å². The number of aryl methyl sites for hydroxylation is 1. The van der Waals surface area contributed by atoms with Crippen molar-refractivity contribution in [2.24, 2.45) is 0 Å². The zero-order valence-electron chi connectivity index (χ0n) is 20.6. The molecular weight excluding hydrogens is 460 g/mol. The van der Waals surface area contributed by atoms with Crippen LogP contribution in [0.15, 0.2) is 54.6 Å². The van der Waals surface area contributed by atoms with E-state index in [0.29, 0.717) is 43.9 Å². The van der Waals surface area contributed by atoms with Gasteiger partial charge in [-0.05, 0) is 42.7 Å². The van der Waals surface area contributed by atoms with Gasteiger partial charge in [-0.1, -0.05) is 43.7 Å². The summed E-state index contributed by atoms with van der Waals surface area (Å²) in [6.45, 7) is 3.16. The number of carbonyl (C=O) groups is 4. The molecule has 1 saturated heterocycles. The molecule has 1 atom stereocenters. The first kappa shape index (κ1) is 26.9. The molecule has 9 nitrogen and oxygen atoms in total. The molecule has 1 aliphatic heterocycles. The lowest BCUT2D eigenvalue weighted by molar-refractivity contribution is -0.149. The summed E-state index contributed by atoms with van der Waals surface area (Å²) in [4.78, 5) is 51.0. The summed E-state index contributed by atoms with van der Waals surface area (Å²) in [6.07, 6.45) is 2.61. The molecule has 0 saturated carbocycles. The molecular formula is C27H34N4O5. The van der Waals surface area contributed by atoms with Gasteiger partial charge >= 0.3 is 5.97 Å². The highest BCUT2D eigenvalue weighted by atomic mass is 16.5. The van der Waals surface area contributed by atoms with E-state index in [4.69, 9.17) is 4.74 Å². The van der Waals surface area contributed by atoms with Crippen molar-refractivity contribution in [2.45, 2.75) is 45.1 Å². The summed E-state index contributed by atoms with van der Waals surface area (Å²) in [5, 5.41) is 8.41. The Bertz CT molecular complexity index is 1030. The van der Waals surface area contributed by atoms with Crippen LogP contribution in [0.2, 0.25) is 0 Å². The van der Waals surface area contributed by atoms with Crippen molar-refractivity contribution < 1.29 is 23.9 Å². The predicted molar refractivity (Wildman–Crippen MR) is 137 cm³/mol. The van der Waals surface area contributed by atoms with E-state index in [1.54, 1.807) is 29.2 Å². The predicted octanol–water partition coefficient (Wildman–Crippen LogP) is 2.73. The lowest BCUT2D eigenvalue weighted by Crippen LogP contribution is -2.57. The Balaban J connectivity index is 1.46. The number of esters is 1. The van der Waals surface area contributed by atoms with E-state index in [9.17, 15) is 19.2 Å². The SMILES string of the molecule is CCCCOC(=O)CC1C(=O)NCCN1CC(=O)Nc1ccc(NC(=O)CCc2ccccc2)cc1. The number of carbonyl (C=O) groups excluding carboxylic acids is 4. The Kier molecular flexibility index (Phi) is 10.4. The molecule has 3 rings (SSSR count). The van der Waals surface area contributed by atoms with Crippen LogP contribution < -0.4 is 16.0 Å². The molecule has 36 heavy (non-hydrogen) atoms. The highest BCUT2D eigenvalue weighted by Gasteiger charge is 2.33. The second-order valence-corrected chi connectivity index (χ2v) is 8.71. The number of hydrogen-bond donors (Lipinski definition) is 3. The van der Waals surface area contributed by atoms with Crippen LogP contribution in [0.25, 0.3) is 0 Å². The first-order valence-electron chi connectivity index (χ1n) is 12.4. The minimum absolute atomic E-state index is 0.0295. The Morgan fingerprint density at radius 2 is 1.67 bits per heavy atom. The third-order valence-corrected chi connectivity index (χ3v) is 5.85. The van der Waals surface area contributed by atoms with Crippen LogP contribution in [0, 0.1) is 0 Å². The van der Waals surface area contributed by atoms with Crippen LogP contribution in [0.5, 0.6) is 0 Å². The Morgan fingerprint density at radius 3 is 2.33 bits per heavy atom. The molecule has 9 heteroatoms. The van der Waals surface area contributed by atoms with Crippen molar-refractivity contribution in [3.05, 3.63) is 60.2 Å². The average Bonchev–Trinajstić information content (AvgIpc) is 2.87.